The highest BCUT2D eigenvalue weighted by Crippen LogP contribution is 2.19. The van der Waals surface area contributed by atoms with Crippen LogP contribution in [0.25, 0.3) is 10.9 Å². The Kier molecular flexibility index (Phi) is 28.4. The summed E-state index contributed by atoms with van der Waals surface area (Å²) in [5, 5.41) is 64.5. The number of nitrogens with one attached hydrogen (secondary N) is 11. The fourth-order valence-corrected chi connectivity index (χ4v) is 8.67. The quantitative estimate of drug-likeness (QED) is 0.0273. The topological polar surface area (TPSA) is 474 Å². The van der Waals surface area contributed by atoms with E-state index in [1.165, 1.54) is 38.1 Å². The number of carbonyl (C=O) groups excluding carboxylic acids is 11. The van der Waals surface area contributed by atoms with Gasteiger partial charge in [0.25, 0.3) is 0 Å². The van der Waals surface area contributed by atoms with E-state index in [1.807, 2.05) is 24.3 Å². The van der Waals surface area contributed by atoms with Gasteiger partial charge in [0, 0.05) is 23.5 Å². The second-order valence-electron chi connectivity index (χ2n) is 22.0. The lowest BCUT2D eigenvalue weighted by Gasteiger charge is -2.28. The number of primary amides is 1. The molecule has 3 rings (SSSR count). The SMILES string of the molecule is CC(C)CC(NC(=O)C(CC(C)C)NC(=O)C(Cc1ccc(O)cc1)NC(=O)CNC(=O)C(C)NC(=O)C(CO)NC(=O)C(CC(N)=O)NC(=O)C(CC(C)C)NC(=O)C(NC(=O)C(N)Cc1c[nH]c2ccccc12)C(C)O)C(=O)NCC(=O)O. The number of carboxylic acids is 1. The number of aromatic amines is 1. The first-order valence-corrected chi connectivity index (χ1v) is 27.7. The number of aliphatic hydroxyl groups excluding tert-OH is 2. The minimum atomic E-state index is -1.82. The number of benzene rings is 2. The van der Waals surface area contributed by atoms with Crippen molar-refractivity contribution in [1.82, 2.24) is 58.2 Å². The van der Waals surface area contributed by atoms with Crippen LogP contribution >= 0.6 is 0 Å². The first-order valence-electron chi connectivity index (χ1n) is 27.7. The van der Waals surface area contributed by atoms with Crippen molar-refractivity contribution in [3.05, 3.63) is 65.9 Å². The number of phenolic OH excluding ortho intramolecular Hbond substituents is 1. The molecule has 0 saturated heterocycles. The molecule has 19 N–H and O–H groups in total. The summed E-state index contributed by atoms with van der Waals surface area (Å²) in [7, 11) is 0. The molecule has 29 heteroatoms. The number of aliphatic hydroxyl groups is 2. The highest BCUT2D eigenvalue weighted by molar-refractivity contribution is 5.99. The second-order valence-corrected chi connectivity index (χ2v) is 22.0. The molecule has 0 saturated carbocycles. The van der Waals surface area contributed by atoms with Gasteiger partial charge in [0.2, 0.25) is 65.0 Å². The standard InChI is InChI=1S/C56H83N13O16/c1-27(2)17-38(50(79)61-25-46(75)76)64-51(80)39(18-28(3)4)65-53(82)41(20-32-13-15-34(72)16-14-32)63-45(74)24-60-48(77)30(7)62-55(84)43(26-70)68-54(83)42(22-44(58)73)66-52(81)40(19-29(5)6)67-56(85)47(31(8)71)69-49(78)36(57)21-33-23-59-37-12-10-9-11-35(33)37/h9-16,23,27-31,36,38-43,47,59,70-72H,17-22,24-26,57H2,1-8H3,(H2,58,73)(H,60,77)(H,61,79)(H,62,84)(H,63,74)(H,64,80)(H,65,82)(H,66,81)(H,67,85)(H,68,83)(H,69,78)(H,75,76). The number of hydrogen-bond donors (Lipinski definition) is 17. The van der Waals surface area contributed by atoms with Crippen molar-refractivity contribution in [2.75, 3.05) is 19.7 Å². The molecule has 10 unspecified atom stereocenters. The zero-order valence-corrected chi connectivity index (χ0v) is 48.9. The highest BCUT2D eigenvalue weighted by atomic mass is 16.4. The summed E-state index contributed by atoms with van der Waals surface area (Å²) < 4.78 is 0. The van der Waals surface area contributed by atoms with Gasteiger partial charge in [-0.3, -0.25) is 57.5 Å². The summed E-state index contributed by atoms with van der Waals surface area (Å²) >= 11 is 0. The molecule has 468 valence electrons. The second kappa shape index (κ2) is 34.2. The van der Waals surface area contributed by atoms with Crippen molar-refractivity contribution < 1.29 is 78.0 Å². The molecular formula is C56H83N13O16. The van der Waals surface area contributed by atoms with Gasteiger partial charge < -0.3 is 90.0 Å². The van der Waals surface area contributed by atoms with Gasteiger partial charge in [-0.25, -0.2) is 0 Å². The Hall–Kier alpha value is -8.70. The number of carboxylic acid groups (broad SMARTS) is 1. The monoisotopic (exact) mass is 1190 g/mol. The number of H-pyrrole nitrogens is 1. The van der Waals surface area contributed by atoms with E-state index >= 15 is 0 Å². The summed E-state index contributed by atoms with van der Waals surface area (Å²) in [4.78, 5) is 161. The summed E-state index contributed by atoms with van der Waals surface area (Å²) in [6.07, 6.45) is -0.640. The Balaban J connectivity index is 1.68. The van der Waals surface area contributed by atoms with E-state index < -0.39 is 158 Å². The summed E-state index contributed by atoms with van der Waals surface area (Å²) in [5.74, 6) is -12.5. The molecule has 1 aromatic heterocycles. The number of aromatic hydroxyl groups is 1. The van der Waals surface area contributed by atoms with Crippen LogP contribution in [0.1, 0.15) is 92.2 Å². The van der Waals surface area contributed by atoms with Crippen LogP contribution < -0.4 is 64.6 Å². The molecule has 0 radical (unpaired) electrons. The molecule has 0 bridgehead atoms. The number of amides is 11. The Morgan fingerprint density at radius 1 is 0.529 bits per heavy atom. The van der Waals surface area contributed by atoms with E-state index in [1.54, 1.807) is 47.7 Å². The number of carbonyl (C=O) groups is 12. The van der Waals surface area contributed by atoms with Gasteiger partial charge in [-0.2, -0.15) is 0 Å². The molecule has 10 atom stereocenters. The summed E-state index contributed by atoms with van der Waals surface area (Å²) in [6.45, 7) is 10.4. The Labute approximate surface area is 491 Å². The Bertz CT molecular complexity index is 2820. The fourth-order valence-electron chi connectivity index (χ4n) is 8.67. The zero-order chi connectivity index (χ0) is 63.8. The molecule has 3 aromatic rings. The number of nitrogens with two attached hydrogens (primary N) is 2. The van der Waals surface area contributed by atoms with E-state index in [0.717, 1.165) is 16.5 Å². The Morgan fingerprint density at radius 3 is 1.54 bits per heavy atom. The van der Waals surface area contributed by atoms with Gasteiger partial charge in [-0.05, 0) is 86.6 Å². The molecular weight excluding hydrogens is 1110 g/mol. The smallest absolute Gasteiger partial charge is 0.322 e. The summed E-state index contributed by atoms with van der Waals surface area (Å²) in [5.41, 5.74) is 13.6. The normalized spacial score (nSPS) is 14.8. The van der Waals surface area contributed by atoms with Crippen molar-refractivity contribution in [2.24, 2.45) is 29.2 Å². The van der Waals surface area contributed by atoms with Crippen molar-refractivity contribution in [3.8, 4) is 5.75 Å². The number of phenols is 1. The molecule has 0 aliphatic heterocycles. The van der Waals surface area contributed by atoms with Crippen LogP contribution in [0.4, 0.5) is 0 Å². The van der Waals surface area contributed by atoms with Gasteiger partial charge >= 0.3 is 5.97 Å². The lowest BCUT2D eigenvalue weighted by Crippen LogP contribution is -2.61. The van der Waals surface area contributed by atoms with Gasteiger partial charge in [0.05, 0.1) is 31.7 Å². The molecule has 11 amide bonds. The maximum Gasteiger partial charge on any atom is 0.322 e. The third kappa shape index (κ3) is 24.2. The minimum absolute atomic E-state index is 0.0653. The molecule has 29 nitrogen and oxygen atoms in total. The lowest BCUT2D eigenvalue weighted by molar-refractivity contribution is -0.138. The van der Waals surface area contributed by atoms with Crippen LogP contribution in [-0.2, 0) is 70.4 Å². The number of aromatic nitrogens is 1. The molecule has 1 heterocycles. The van der Waals surface area contributed by atoms with Crippen LogP contribution in [0.3, 0.4) is 0 Å². The van der Waals surface area contributed by atoms with E-state index in [4.69, 9.17) is 16.6 Å². The lowest BCUT2D eigenvalue weighted by atomic mass is 9.99. The minimum Gasteiger partial charge on any atom is -0.508 e. The molecule has 0 aliphatic carbocycles. The summed E-state index contributed by atoms with van der Waals surface area (Å²) in [6, 6.07) is -0.179. The Morgan fingerprint density at radius 2 is 1.01 bits per heavy atom. The van der Waals surface area contributed by atoms with Crippen molar-refractivity contribution in [2.45, 2.75) is 154 Å². The van der Waals surface area contributed by atoms with Crippen LogP contribution in [0.2, 0.25) is 0 Å². The average Bonchev–Trinajstić information content (AvgIpc) is 3.88. The highest BCUT2D eigenvalue weighted by Gasteiger charge is 2.36. The van der Waals surface area contributed by atoms with Crippen molar-refractivity contribution in [1.29, 1.82) is 0 Å². The van der Waals surface area contributed by atoms with E-state index in [2.05, 4.69) is 58.2 Å². The van der Waals surface area contributed by atoms with Crippen LogP contribution in [0, 0.1) is 17.8 Å². The van der Waals surface area contributed by atoms with E-state index in [0.29, 0.717) is 5.56 Å². The van der Waals surface area contributed by atoms with Gasteiger partial charge in [-0.1, -0.05) is 71.9 Å². The van der Waals surface area contributed by atoms with Gasteiger partial charge in [0.1, 0.15) is 60.6 Å². The van der Waals surface area contributed by atoms with Crippen LogP contribution in [0.5, 0.6) is 5.75 Å². The number of aliphatic carboxylic acids is 1. The zero-order valence-electron chi connectivity index (χ0n) is 48.9. The van der Waals surface area contributed by atoms with Crippen molar-refractivity contribution in [3.63, 3.8) is 0 Å². The third-order valence-electron chi connectivity index (χ3n) is 13.0. The van der Waals surface area contributed by atoms with Gasteiger partial charge in [0.15, 0.2) is 0 Å². The van der Waals surface area contributed by atoms with E-state index in [-0.39, 0.29) is 55.6 Å². The number of fused-ring (bicyclic) bond motifs is 1. The fraction of sp³-hybridized carbons (Fsp3) is 0.536. The first kappa shape index (κ1) is 70.6. The predicted octanol–water partition coefficient (Wildman–Crippen LogP) is -3.41. The number of para-hydroxylation sites is 1. The molecule has 0 fully saturated rings. The molecule has 85 heavy (non-hydrogen) atoms. The maximum absolute atomic E-state index is 14.0. The predicted molar refractivity (Wildman–Crippen MR) is 308 cm³/mol. The number of rotatable bonds is 35. The largest absolute Gasteiger partial charge is 0.508 e. The average molecular weight is 1190 g/mol. The molecule has 0 spiro atoms. The van der Waals surface area contributed by atoms with Crippen LogP contribution in [-0.4, -0.2) is 177 Å². The van der Waals surface area contributed by atoms with Crippen LogP contribution in [0.15, 0.2) is 54.7 Å². The maximum atomic E-state index is 14.0. The van der Waals surface area contributed by atoms with Crippen molar-refractivity contribution >= 4 is 81.9 Å². The molecule has 0 aliphatic rings. The van der Waals surface area contributed by atoms with E-state index in [9.17, 15) is 72.9 Å². The molecule has 2 aromatic carbocycles. The number of hydrogen-bond acceptors (Lipinski definition) is 16. The first-order chi connectivity index (χ1) is 39.9. The van der Waals surface area contributed by atoms with Gasteiger partial charge in [-0.15, -0.1) is 0 Å². The third-order valence-corrected chi connectivity index (χ3v) is 13.0.